The summed E-state index contributed by atoms with van der Waals surface area (Å²) in [5.74, 6) is 0. The fourth-order valence-corrected chi connectivity index (χ4v) is 2.00. The minimum atomic E-state index is -0.0779. The first kappa shape index (κ1) is 12.4. The van der Waals surface area contributed by atoms with Crippen LogP contribution in [0.15, 0.2) is 30.3 Å². The highest BCUT2D eigenvalue weighted by Gasteiger charge is 2.10. The predicted octanol–water partition coefficient (Wildman–Crippen LogP) is 3.86. The average Bonchev–Trinajstić information content (AvgIpc) is 2.32. The van der Waals surface area contributed by atoms with Crippen molar-refractivity contribution in [1.29, 1.82) is 0 Å². The van der Waals surface area contributed by atoms with Crippen LogP contribution in [0.25, 0.3) is 11.3 Å². The normalized spacial score (nSPS) is 10.6. The number of rotatable bonds is 2. The molecule has 0 fully saturated rings. The van der Waals surface area contributed by atoms with E-state index < -0.39 is 0 Å². The summed E-state index contributed by atoms with van der Waals surface area (Å²) in [5, 5.41) is 10.5. The van der Waals surface area contributed by atoms with Gasteiger partial charge in [0.05, 0.1) is 17.3 Å². The standard InChI is InChI=1S/C13H11Cl2NO/c1-8-2-3-9(7-17)13(16-8)11-6-10(14)4-5-12(11)15/h2-6,17H,7H2,1H3. The monoisotopic (exact) mass is 267 g/mol. The Bertz CT molecular complexity index is 555. The van der Waals surface area contributed by atoms with Crippen LogP contribution in [0.2, 0.25) is 10.0 Å². The molecule has 2 nitrogen and oxygen atoms in total. The Labute approximate surface area is 110 Å². The molecule has 1 heterocycles. The number of aliphatic hydroxyl groups is 1. The summed E-state index contributed by atoms with van der Waals surface area (Å²) in [6.45, 7) is 1.81. The third-order valence-electron chi connectivity index (χ3n) is 2.47. The Morgan fingerprint density at radius 3 is 2.65 bits per heavy atom. The van der Waals surface area contributed by atoms with Crippen LogP contribution < -0.4 is 0 Å². The van der Waals surface area contributed by atoms with Gasteiger partial charge in [0, 0.05) is 21.8 Å². The third-order valence-corrected chi connectivity index (χ3v) is 3.04. The van der Waals surface area contributed by atoms with Gasteiger partial charge in [0.25, 0.3) is 0 Å². The van der Waals surface area contributed by atoms with Crippen molar-refractivity contribution in [2.45, 2.75) is 13.5 Å². The molecular formula is C13H11Cl2NO. The topological polar surface area (TPSA) is 33.1 Å². The molecule has 0 spiro atoms. The summed E-state index contributed by atoms with van der Waals surface area (Å²) in [6, 6.07) is 8.90. The van der Waals surface area contributed by atoms with Gasteiger partial charge in [-0.2, -0.15) is 0 Å². The van der Waals surface area contributed by atoms with Gasteiger partial charge < -0.3 is 5.11 Å². The number of halogens is 2. The molecule has 4 heteroatoms. The molecule has 0 saturated heterocycles. The summed E-state index contributed by atoms with van der Waals surface area (Å²) in [6.07, 6.45) is 0. The van der Waals surface area contributed by atoms with E-state index in [1.54, 1.807) is 18.2 Å². The van der Waals surface area contributed by atoms with Crippen molar-refractivity contribution in [1.82, 2.24) is 4.98 Å². The summed E-state index contributed by atoms with van der Waals surface area (Å²) < 4.78 is 0. The van der Waals surface area contributed by atoms with Crippen LogP contribution in [-0.4, -0.2) is 10.1 Å². The second-order valence-corrected chi connectivity index (χ2v) is 4.59. The van der Waals surface area contributed by atoms with E-state index in [-0.39, 0.29) is 6.61 Å². The highest BCUT2D eigenvalue weighted by molar-refractivity contribution is 6.35. The maximum atomic E-state index is 9.31. The van der Waals surface area contributed by atoms with Crippen molar-refractivity contribution in [3.05, 3.63) is 51.6 Å². The smallest absolute Gasteiger partial charge is 0.0775 e. The zero-order valence-electron chi connectivity index (χ0n) is 9.24. The lowest BCUT2D eigenvalue weighted by Gasteiger charge is -2.09. The van der Waals surface area contributed by atoms with Crippen molar-refractivity contribution < 1.29 is 5.11 Å². The minimum Gasteiger partial charge on any atom is -0.392 e. The van der Waals surface area contributed by atoms with Crippen molar-refractivity contribution >= 4 is 23.2 Å². The molecule has 0 aliphatic heterocycles. The predicted molar refractivity (Wildman–Crippen MR) is 70.4 cm³/mol. The number of hydrogen-bond acceptors (Lipinski definition) is 2. The number of nitrogens with zero attached hydrogens (tertiary/aromatic N) is 1. The van der Waals surface area contributed by atoms with Crippen molar-refractivity contribution in [2.24, 2.45) is 0 Å². The molecular weight excluding hydrogens is 257 g/mol. The van der Waals surface area contributed by atoms with Gasteiger partial charge in [-0.15, -0.1) is 0 Å². The summed E-state index contributed by atoms with van der Waals surface area (Å²) >= 11 is 12.1. The summed E-state index contributed by atoms with van der Waals surface area (Å²) in [4.78, 5) is 4.41. The van der Waals surface area contributed by atoms with Gasteiger partial charge in [-0.3, -0.25) is 4.98 Å². The first-order valence-electron chi connectivity index (χ1n) is 5.14. The first-order chi connectivity index (χ1) is 8.11. The van der Waals surface area contributed by atoms with Crippen molar-refractivity contribution in [2.75, 3.05) is 0 Å². The van der Waals surface area contributed by atoms with Gasteiger partial charge in [0.15, 0.2) is 0 Å². The second kappa shape index (κ2) is 5.05. The van der Waals surface area contributed by atoms with Crippen LogP contribution in [0.5, 0.6) is 0 Å². The van der Waals surface area contributed by atoms with Crippen LogP contribution in [0.3, 0.4) is 0 Å². The Hall–Kier alpha value is -1.09. The second-order valence-electron chi connectivity index (χ2n) is 3.74. The number of aromatic nitrogens is 1. The van der Waals surface area contributed by atoms with Crippen LogP contribution in [0.1, 0.15) is 11.3 Å². The van der Waals surface area contributed by atoms with Crippen LogP contribution in [0.4, 0.5) is 0 Å². The molecule has 0 aliphatic rings. The number of benzene rings is 1. The van der Waals surface area contributed by atoms with Gasteiger partial charge >= 0.3 is 0 Å². The van der Waals surface area contributed by atoms with Crippen LogP contribution in [0, 0.1) is 6.92 Å². The fourth-order valence-electron chi connectivity index (χ4n) is 1.63. The van der Waals surface area contributed by atoms with E-state index in [0.29, 0.717) is 15.7 Å². The Morgan fingerprint density at radius 2 is 1.94 bits per heavy atom. The molecule has 0 radical (unpaired) electrons. The third kappa shape index (κ3) is 2.60. The molecule has 1 N–H and O–H groups in total. The molecule has 0 amide bonds. The van der Waals surface area contributed by atoms with Gasteiger partial charge in [-0.25, -0.2) is 0 Å². The van der Waals surface area contributed by atoms with Crippen LogP contribution in [-0.2, 0) is 6.61 Å². The number of aliphatic hydroxyl groups excluding tert-OH is 1. The number of aryl methyl sites for hydroxylation is 1. The van der Waals surface area contributed by atoms with Gasteiger partial charge in [0.1, 0.15) is 0 Å². The lowest BCUT2D eigenvalue weighted by atomic mass is 10.1. The minimum absolute atomic E-state index is 0.0779. The lowest BCUT2D eigenvalue weighted by Crippen LogP contribution is -1.95. The number of hydrogen-bond donors (Lipinski definition) is 1. The first-order valence-corrected chi connectivity index (χ1v) is 5.90. The molecule has 2 aromatic rings. The molecule has 0 aliphatic carbocycles. The number of pyridine rings is 1. The average molecular weight is 268 g/mol. The molecule has 2 rings (SSSR count). The van der Waals surface area contributed by atoms with Crippen LogP contribution >= 0.6 is 23.2 Å². The fraction of sp³-hybridized carbons (Fsp3) is 0.154. The highest BCUT2D eigenvalue weighted by Crippen LogP contribution is 2.31. The molecule has 88 valence electrons. The van der Waals surface area contributed by atoms with E-state index in [1.807, 2.05) is 19.1 Å². The van der Waals surface area contributed by atoms with Crippen molar-refractivity contribution in [3.8, 4) is 11.3 Å². The molecule has 1 aromatic heterocycles. The Morgan fingerprint density at radius 1 is 1.18 bits per heavy atom. The maximum Gasteiger partial charge on any atom is 0.0775 e. The largest absolute Gasteiger partial charge is 0.392 e. The molecule has 0 atom stereocenters. The van der Waals surface area contributed by atoms with E-state index in [9.17, 15) is 5.11 Å². The van der Waals surface area contributed by atoms with Gasteiger partial charge in [-0.05, 0) is 31.2 Å². The molecule has 0 saturated carbocycles. The van der Waals surface area contributed by atoms with Gasteiger partial charge in [0.2, 0.25) is 0 Å². The Balaban J connectivity index is 2.66. The zero-order chi connectivity index (χ0) is 12.4. The van der Waals surface area contributed by atoms with E-state index in [0.717, 1.165) is 16.8 Å². The molecule has 1 aromatic carbocycles. The van der Waals surface area contributed by atoms with E-state index in [4.69, 9.17) is 23.2 Å². The maximum absolute atomic E-state index is 9.31. The lowest BCUT2D eigenvalue weighted by molar-refractivity contribution is 0.282. The van der Waals surface area contributed by atoms with Crippen molar-refractivity contribution in [3.63, 3.8) is 0 Å². The van der Waals surface area contributed by atoms with E-state index in [2.05, 4.69) is 4.98 Å². The molecule has 17 heavy (non-hydrogen) atoms. The molecule has 0 bridgehead atoms. The van der Waals surface area contributed by atoms with Gasteiger partial charge in [-0.1, -0.05) is 29.3 Å². The summed E-state index contributed by atoms with van der Waals surface area (Å²) in [5.41, 5.74) is 3.03. The zero-order valence-corrected chi connectivity index (χ0v) is 10.8. The summed E-state index contributed by atoms with van der Waals surface area (Å²) in [7, 11) is 0. The quantitative estimate of drug-likeness (QED) is 0.897. The van der Waals surface area contributed by atoms with E-state index in [1.165, 1.54) is 0 Å². The highest BCUT2D eigenvalue weighted by atomic mass is 35.5. The SMILES string of the molecule is Cc1ccc(CO)c(-c2cc(Cl)ccc2Cl)n1. The van der Waals surface area contributed by atoms with E-state index >= 15 is 0 Å². The molecule has 0 unspecified atom stereocenters. The Kier molecular flexibility index (Phi) is 3.67.